The van der Waals surface area contributed by atoms with Crippen molar-refractivity contribution in [2.24, 2.45) is 4.99 Å². The molecule has 2 aromatic rings. The highest BCUT2D eigenvalue weighted by atomic mass is 16.7. The number of methoxy groups -OCH3 is 1. The Balaban J connectivity index is 1.40. The molecule has 2 aliphatic carbocycles. The van der Waals surface area contributed by atoms with Crippen LogP contribution in [0.15, 0.2) is 23.2 Å². The zero-order valence-electron chi connectivity index (χ0n) is 26.1. The molecule has 0 radical (unpaired) electrons. The zero-order valence-corrected chi connectivity index (χ0v) is 26.1. The second-order valence-corrected chi connectivity index (χ2v) is 12.3. The lowest BCUT2D eigenvalue weighted by Crippen LogP contribution is -2.50. The number of morpholine rings is 1. The number of rotatable bonds is 5. The molecule has 4 N–H and O–H groups in total. The van der Waals surface area contributed by atoms with E-state index >= 15 is 0 Å². The maximum atomic E-state index is 13.9. The third-order valence-electron chi connectivity index (χ3n) is 9.54. The molecule has 246 valence electrons. The van der Waals surface area contributed by atoms with Gasteiger partial charge in [0.25, 0.3) is 0 Å². The number of carbonyl (C=O) groups is 3. The third kappa shape index (κ3) is 5.25. The van der Waals surface area contributed by atoms with Gasteiger partial charge in [-0.1, -0.05) is 12.1 Å². The predicted molar refractivity (Wildman–Crippen MR) is 162 cm³/mol. The summed E-state index contributed by atoms with van der Waals surface area (Å²) >= 11 is 0. The second kappa shape index (κ2) is 12.0. The van der Waals surface area contributed by atoms with Crippen molar-refractivity contribution in [1.29, 1.82) is 0 Å². The highest BCUT2D eigenvalue weighted by Crippen LogP contribution is 2.52. The minimum Gasteiger partial charge on any atom is -0.507 e. The highest BCUT2D eigenvalue weighted by molar-refractivity contribution is 6.31. The Kier molecular flexibility index (Phi) is 8.40. The van der Waals surface area contributed by atoms with Gasteiger partial charge in [-0.25, -0.2) is 0 Å². The molecule has 0 aromatic heterocycles. The lowest BCUT2D eigenvalue weighted by atomic mass is 9.72. The van der Waals surface area contributed by atoms with E-state index in [9.17, 15) is 34.8 Å². The summed E-state index contributed by atoms with van der Waals surface area (Å²) in [6.07, 6.45) is -4.61. The van der Waals surface area contributed by atoms with E-state index in [0.29, 0.717) is 26.3 Å². The number of hydrogen-bond acceptors (Lipinski definition) is 12. The minimum atomic E-state index is -2.02. The number of ether oxygens (including phenoxy) is 4. The molecule has 4 aliphatic rings. The van der Waals surface area contributed by atoms with E-state index in [1.807, 2.05) is 6.92 Å². The average molecular weight is 639 g/mol. The molecule has 2 aliphatic heterocycles. The summed E-state index contributed by atoms with van der Waals surface area (Å²) in [5.74, 6) is -2.45. The van der Waals surface area contributed by atoms with Crippen LogP contribution in [-0.4, -0.2) is 112 Å². The Bertz CT molecular complexity index is 1630. The molecule has 0 saturated carbocycles. The smallest absolute Gasteiger partial charge is 0.202 e. The Morgan fingerprint density at radius 1 is 1.07 bits per heavy atom. The van der Waals surface area contributed by atoms with Crippen molar-refractivity contribution in [2.45, 2.75) is 76.3 Å². The van der Waals surface area contributed by atoms with Crippen LogP contribution in [0.25, 0.3) is 0 Å². The zero-order chi connectivity index (χ0) is 33.1. The van der Waals surface area contributed by atoms with Crippen molar-refractivity contribution in [2.75, 3.05) is 33.4 Å². The van der Waals surface area contributed by atoms with Crippen molar-refractivity contribution in [1.82, 2.24) is 4.90 Å². The number of phenolic OH excluding ortho intramolecular Hbond substituents is 2. The first-order valence-corrected chi connectivity index (χ1v) is 15.3. The maximum absolute atomic E-state index is 13.9. The molecule has 2 fully saturated rings. The molecule has 0 amide bonds. The Hall–Kier alpha value is -3.88. The van der Waals surface area contributed by atoms with Gasteiger partial charge in [0.2, 0.25) is 5.78 Å². The van der Waals surface area contributed by atoms with E-state index in [1.165, 1.54) is 32.2 Å². The summed E-state index contributed by atoms with van der Waals surface area (Å²) in [5, 5.41) is 45.6. The Labute approximate surface area is 265 Å². The molecule has 2 aromatic carbocycles. The summed E-state index contributed by atoms with van der Waals surface area (Å²) in [6.45, 7) is 7.18. The van der Waals surface area contributed by atoms with Crippen molar-refractivity contribution in [3.63, 3.8) is 0 Å². The fourth-order valence-electron chi connectivity index (χ4n) is 6.94. The normalized spacial score (nSPS) is 29.6. The SMILES string of the molecule is COc1cccc2c1C(=O)c1c(O)c3c(c(O)c1C2=O)CC(O)(C(C)=O)C[C@@H]3OC1C[C@H](N=C(C)N2CCOCC2)C(O)C(C)O1. The van der Waals surface area contributed by atoms with Gasteiger partial charge in [-0.3, -0.25) is 19.4 Å². The molecular formula is C33H38N2O11. The number of aliphatic imine (C=N–C) groups is 1. The quantitative estimate of drug-likeness (QED) is 0.181. The minimum absolute atomic E-state index is 0.0148. The molecule has 6 rings (SSSR count). The third-order valence-corrected chi connectivity index (χ3v) is 9.54. The van der Waals surface area contributed by atoms with Crippen LogP contribution in [0, 0.1) is 0 Å². The number of aromatic hydroxyl groups is 2. The summed E-state index contributed by atoms with van der Waals surface area (Å²) in [6, 6.07) is 3.84. The van der Waals surface area contributed by atoms with Crippen LogP contribution in [0.2, 0.25) is 0 Å². The molecular weight excluding hydrogens is 600 g/mol. The average Bonchev–Trinajstić information content (AvgIpc) is 3.03. The number of ketones is 3. The molecule has 6 atom stereocenters. The van der Waals surface area contributed by atoms with Crippen molar-refractivity contribution in [3.05, 3.63) is 51.6 Å². The molecule has 2 heterocycles. The topological polar surface area (TPSA) is 185 Å². The first kappa shape index (κ1) is 32.1. The monoisotopic (exact) mass is 638 g/mol. The largest absolute Gasteiger partial charge is 0.507 e. The van der Waals surface area contributed by atoms with Gasteiger partial charge < -0.3 is 44.3 Å². The number of aliphatic hydroxyl groups excluding tert-OH is 1. The summed E-state index contributed by atoms with van der Waals surface area (Å²) in [7, 11) is 1.35. The van der Waals surface area contributed by atoms with Crippen LogP contribution < -0.4 is 4.74 Å². The van der Waals surface area contributed by atoms with E-state index in [4.69, 9.17) is 23.9 Å². The number of benzene rings is 2. The predicted octanol–water partition coefficient (Wildman–Crippen LogP) is 1.82. The van der Waals surface area contributed by atoms with Crippen LogP contribution in [0.4, 0.5) is 0 Å². The number of aliphatic hydroxyl groups is 2. The molecule has 2 saturated heterocycles. The number of phenols is 2. The molecule has 13 heteroatoms. The summed E-state index contributed by atoms with van der Waals surface area (Å²) < 4.78 is 23.1. The maximum Gasteiger partial charge on any atom is 0.202 e. The Morgan fingerprint density at radius 2 is 1.76 bits per heavy atom. The number of Topliss-reactive ketones (excluding diaryl/α,β-unsaturated/α-hetero) is 1. The lowest BCUT2D eigenvalue weighted by molar-refractivity contribution is -0.247. The van der Waals surface area contributed by atoms with Gasteiger partial charge in [0.05, 0.1) is 61.1 Å². The molecule has 0 spiro atoms. The van der Waals surface area contributed by atoms with Crippen LogP contribution in [0.5, 0.6) is 17.2 Å². The van der Waals surface area contributed by atoms with Crippen molar-refractivity contribution >= 4 is 23.2 Å². The van der Waals surface area contributed by atoms with Crippen LogP contribution >= 0.6 is 0 Å². The lowest BCUT2D eigenvalue weighted by Gasteiger charge is -2.42. The highest BCUT2D eigenvalue weighted by Gasteiger charge is 2.49. The summed E-state index contributed by atoms with van der Waals surface area (Å²) in [4.78, 5) is 47.1. The van der Waals surface area contributed by atoms with E-state index in [0.717, 1.165) is 5.84 Å². The van der Waals surface area contributed by atoms with Gasteiger partial charge in [-0.2, -0.15) is 0 Å². The van der Waals surface area contributed by atoms with Gasteiger partial charge in [0.15, 0.2) is 17.9 Å². The van der Waals surface area contributed by atoms with Gasteiger partial charge in [0, 0.05) is 49.0 Å². The fraction of sp³-hybridized carbons (Fsp3) is 0.515. The standard InChI is InChI=1S/C33H38N2O11/c1-15-28(37)20(34-17(3)35-8-10-44-11-9-35)12-23(45-15)46-22-14-33(42,16(2)36)13-19-25(22)32(41)27-26(30(19)39)29(38)18-6-5-7-21(43-4)24(18)31(27)40/h5-7,15,20,22-23,28,37,39,41-42H,8-14H2,1-4H3/t15?,20-,22-,23?,28?,33?/m0/s1. The van der Waals surface area contributed by atoms with E-state index in [1.54, 1.807) is 6.92 Å². The first-order chi connectivity index (χ1) is 21.9. The van der Waals surface area contributed by atoms with Gasteiger partial charge in [-0.05, 0) is 26.8 Å². The van der Waals surface area contributed by atoms with Crippen molar-refractivity contribution < 1.29 is 53.8 Å². The van der Waals surface area contributed by atoms with Gasteiger partial charge in [0.1, 0.15) is 29.0 Å². The van der Waals surface area contributed by atoms with Gasteiger partial charge in [-0.15, -0.1) is 0 Å². The number of nitrogens with zero attached hydrogens (tertiary/aromatic N) is 2. The van der Waals surface area contributed by atoms with E-state index in [2.05, 4.69) is 4.90 Å². The second-order valence-electron chi connectivity index (χ2n) is 12.3. The number of hydrogen-bond donors (Lipinski definition) is 4. The van der Waals surface area contributed by atoms with Crippen LogP contribution in [0.3, 0.4) is 0 Å². The fourth-order valence-corrected chi connectivity index (χ4v) is 6.94. The molecule has 13 nitrogen and oxygen atoms in total. The van der Waals surface area contributed by atoms with E-state index in [-0.39, 0.29) is 40.8 Å². The molecule has 4 unspecified atom stereocenters. The number of fused-ring (bicyclic) bond motifs is 3. The Morgan fingerprint density at radius 3 is 2.43 bits per heavy atom. The van der Waals surface area contributed by atoms with E-state index < -0.39 is 82.6 Å². The van der Waals surface area contributed by atoms with Crippen LogP contribution in [0.1, 0.15) is 82.7 Å². The number of carbonyl (C=O) groups excluding carboxylic acids is 3. The van der Waals surface area contributed by atoms with Crippen molar-refractivity contribution in [3.8, 4) is 17.2 Å². The first-order valence-electron chi connectivity index (χ1n) is 15.3. The van der Waals surface area contributed by atoms with Gasteiger partial charge >= 0.3 is 0 Å². The number of amidine groups is 1. The molecule has 0 bridgehead atoms. The molecule has 46 heavy (non-hydrogen) atoms. The van der Waals surface area contributed by atoms with Crippen LogP contribution in [-0.2, 0) is 25.4 Å². The summed E-state index contributed by atoms with van der Waals surface area (Å²) in [5.41, 5.74) is -3.06.